The molecule has 0 unspecified atom stereocenters. The lowest BCUT2D eigenvalue weighted by Crippen LogP contribution is -2.36. The highest BCUT2D eigenvalue weighted by molar-refractivity contribution is 4.75. The fraction of sp³-hybridized carbons (Fsp3) is 0.875. The second-order valence-electron chi connectivity index (χ2n) is 6.47. The first-order chi connectivity index (χ1) is 8.37. The molecule has 2 nitrogen and oxygen atoms in total. The standard InChI is InChI=1S/C16H34N2/c1-7-13-18(15(2)3)14-11-9-8-10-12-17-16(4,5)6/h7,15,17H,1,8-14H2,2-6H3. The van der Waals surface area contributed by atoms with Gasteiger partial charge in [-0.15, -0.1) is 6.58 Å². The summed E-state index contributed by atoms with van der Waals surface area (Å²) in [5, 5.41) is 3.54. The summed E-state index contributed by atoms with van der Waals surface area (Å²) in [5.41, 5.74) is 0.262. The van der Waals surface area contributed by atoms with Gasteiger partial charge in [-0.2, -0.15) is 0 Å². The van der Waals surface area contributed by atoms with Gasteiger partial charge >= 0.3 is 0 Å². The van der Waals surface area contributed by atoms with Crippen LogP contribution in [0.4, 0.5) is 0 Å². The predicted octanol–water partition coefficient (Wildman–Crippen LogP) is 3.83. The van der Waals surface area contributed by atoms with E-state index in [9.17, 15) is 0 Å². The van der Waals surface area contributed by atoms with E-state index >= 15 is 0 Å². The van der Waals surface area contributed by atoms with Crippen molar-refractivity contribution in [3.8, 4) is 0 Å². The molecule has 0 saturated heterocycles. The Morgan fingerprint density at radius 3 is 2.22 bits per heavy atom. The molecule has 2 heteroatoms. The van der Waals surface area contributed by atoms with Crippen molar-refractivity contribution in [1.82, 2.24) is 10.2 Å². The summed E-state index contributed by atoms with van der Waals surface area (Å²) in [6, 6.07) is 0.630. The highest BCUT2D eigenvalue weighted by atomic mass is 15.1. The van der Waals surface area contributed by atoms with Crippen molar-refractivity contribution in [2.75, 3.05) is 19.6 Å². The topological polar surface area (TPSA) is 15.3 Å². The third-order valence-electron chi connectivity index (χ3n) is 3.12. The Labute approximate surface area is 115 Å². The van der Waals surface area contributed by atoms with Crippen molar-refractivity contribution in [2.24, 2.45) is 0 Å². The predicted molar refractivity (Wildman–Crippen MR) is 83.1 cm³/mol. The van der Waals surface area contributed by atoms with Gasteiger partial charge in [0.1, 0.15) is 0 Å². The number of hydrogen-bond acceptors (Lipinski definition) is 2. The Balaban J connectivity index is 3.46. The second-order valence-corrected chi connectivity index (χ2v) is 6.47. The summed E-state index contributed by atoms with van der Waals surface area (Å²) in [5.74, 6) is 0. The number of hydrogen-bond donors (Lipinski definition) is 1. The molecule has 0 aromatic carbocycles. The molecule has 0 atom stereocenters. The molecule has 108 valence electrons. The fourth-order valence-corrected chi connectivity index (χ4v) is 1.98. The van der Waals surface area contributed by atoms with Crippen LogP contribution in [0, 0.1) is 0 Å². The Morgan fingerprint density at radius 1 is 1.11 bits per heavy atom. The van der Waals surface area contributed by atoms with Crippen LogP contribution in [-0.2, 0) is 0 Å². The lowest BCUT2D eigenvalue weighted by molar-refractivity contribution is 0.240. The number of unbranched alkanes of at least 4 members (excludes halogenated alkanes) is 3. The summed E-state index contributed by atoms with van der Waals surface area (Å²) in [7, 11) is 0. The molecule has 18 heavy (non-hydrogen) atoms. The van der Waals surface area contributed by atoms with Gasteiger partial charge in [0, 0.05) is 18.1 Å². The van der Waals surface area contributed by atoms with Gasteiger partial charge in [0.25, 0.3) is 0 Å². The maximum atomic E-state index is 3.82. The molecule has 0 amide bonds. The van der Waals surface area contributed by atoms with Crippen molar-refractivity contribution in [3.63, 3.8) is 0 Å². The van der Waals surface area contributed by atoms with Crippen molar-refractivity contribution in [2.45, 2.75) is 71.9 Å². The Kier molecular flexibility index (Phi) is 9.39. The Bertz CT molecular complexity index is 204. The summed E-state index contributed by atoms with van der Waals surface area (Å²) >= 11 is 0. The maximum absolute atomic E-state index is 3.82. The molecular formula is C16H34N2. The first-order valence-corrected chi connectivity index (χ1v) is 7.47. The van der Waals surface area contributed by atoms with Gasteiger partial charge in [-0.05, 0) is 60.5 Å². The molecule has 0 aliphatic heterocycles. The van der Waals surface area contributed by atoms with Crippen LogP contribution in [0.5, 0.6) is 0 Å². The van der Waals surface area contributed by atoms with Crippen LogP contribution in [-0.4, -0.2) is 36.1 Å². The van der Waals surface area contributed by atoms with E-state index < -0.39 is 0 Å². The van der Waals surface area contributed by atoms with Gasteiger partial charge in [0.2, 0.25) is 0 Å². The second kappa shape index (κ2) is 9.57. The van der Waals surface area contributed by atoms with Crippen molar-refractivity contribution < 1.29 is 0 Å². The molecule has 0 aromatic heterocycles. The van der Waals surface area contributed by atoms with Gasteiger partial charge in [-0.3, -0.25) is 4.90 Å². The first-order valence-electron chi connectivity index (χ1n) is 7.47. The zero-order valence-corrected chi connectivity index (χ0v) is 13.3. The molecule has 0 aliphatic carbocycles. The Hall–Kier alpha value is -0.340. The minimum Gasteiger partial charge on any atom is -0.312 e. The van der Waals surface area contributed by atoms with Gasteiger partial charge < -0.3 is 5.32 Å². The molecule has 0 spiro atoms. The zero-order chi connectivity index (χ0) is 14.0. The monoisotopic (exact) mass is 254 g/mol. The quantitative estimate of drug-likeness (QED) is 0.471. The smallest absolute Gasteiger partial charge is 0.0163 e. The molecule has 0 aliphatic rings. The van der Waals surface area contributed by atoms with E-state index in [4.69, 9.17) is 0 Å². The average Bonchev–Trinajstić information content (AvgIpc) is 2.24. The SMILES string of the molecule is C=CCN(CCCCCCNC(C)(C)C)C(C)C. The molecule has 0 bridgehead atoms. The van der Waals surface area contributed by atoms with Crippen LogP contribution < -0.4 is 5.32 Å². The number of nitrogens with zero attached hydrogens (tertiary/aromatic N) is 1. The third-order valence-corrected chi connectivity index (χ3v) is 3.12. The molecular weight excluding hydrogens is 220 g/mol. The molecule has 0 fully saturated rings. The molecule has 0 saturated carbocycles. The minimum absolute atomic E-state index is 0.262. The number of rotatable bonds is 10. The summed E-state index contributed by atoms with van der Waals surface area (Å²) < 4.78 is 0. The lowest BCUT2D eigenvalue weighted by Gasteiger charge is -2.25. The van der Waals surface area contributed by atoms with E-state index in [1.807, 2.05) is 6.08 Å². The van der Waals surface area contributed by atoms with E-state index in [0.29, 0.717) is 6.04 Å². The highest BCUT2D eigenvalue weighted by Crippen LogP contribution is 2.06. The van der Waals surface area contributed by atoms with Gasteiger partial charge in [0.15, 0.2) is 0 Å². The van der Waals surface area contributed by atoms with Crippen LogP contribution in [0.2, 0.25) is 0 Å². The van der Waals surface area contributed by atoms with Gasteiger partial charge in [0.05, 0.1) is 0 Å². The number of nitrogens with one attached hydrogen (secondary N) is 1. The van der Waals surface area contributed by atoms with Crippen LogP contribution in [0.1, 0.15) is 60.3 Å². The van der Waals surface area contributed by atoms with Gasteiger partial charge in [-0.25, -0.2) is 0 Å². The van der Waals surface area contributed by atoms with E-state index in [1.54, 1.807) is 0 Å². The van der Waals surface area contributed by atoms with Crippen molar-refractivity contribution >= 4 is 0 Å². The summed E-state index contributed by atoms with van der Waals surface area (Å²) in [6.45, 7) is 18.4. The maximum Gasteiger partial charge on any atom is 0.0163 e. The molecule has 0 radical (unpaired) electrons. The molecule has 0 aromatic rings. The van der Waals surface area contributed by atoms with E-state index in [1.165, 1.54) is 32.2 Å². The largest absolute Gasteiger partial charge is 0.312 e. The van der Waals surface area contributed by atoms with E-state index in [-0.39, 0.29) is 5.54 Å². The zero-order valence-electron chi connectivity index (χ0n) is 13.3. The van der Waals surface area contributed by atoms with Gasteiger partial charge in [-0.1, -0.05) is 18.9 Å². The molecule has 0 rings (SSSR count). The van der Waals surface area contributed by atoms with Crippen LogP contribution >= 0.6 is 0 Å². The van der Waals surface area contributed by atoms with E-state index in [2.05, 4.69) is 51.4 Å². The normalized spacial score (nSPS) is 12.4. The fourth-order valence-electron chi connectivity index (χ4n) is 1.98. The first kappa shape index (κ1) is 17.7. The van der Waals surface area contributed by atoms with Crippen molar-refractivity contribution in [1.29, 1.82) is 0 Å². The van der Waals surface area contributed by atoms with Crippen LogP contribution in [0.15, 0.2) is 12.7 Å². The minimum atomic E-state index is 0.262. The van der Waals surface area contributed by atoms with E-state index in [0.717, 1.165) is 13.1 Å². The third kappa shape index (κ3) is 10.8. The summed E-state index contributed by atoms with van der Waals surface area (Å²) in [6.07, 6.45) is 7.28. The average molecular weight is 254 g/mol. The summed E-state index contributed by atoms with van der Waals surface area (Å²) in [4.78, 5) is 2.49. The lowest BCUT2D eigenvalue weighted by atomic mass is 10.1. The van der Waals surface area contributed by atoms with Crippen molar-refractivity contribution in [3.05, 3.63) is 12.7 Å². The van der Waals surface area contributed by atoms with Crippen LogP contribution in [0.25, 0.3) is 0 Å². The molecule has 0 heterocycles. The Morgan fingerprint density at radius 2 is 1.72 bits per heavy atom. The molecule has 1 N–H and O–H groups in total. The highest BCUT2D eigenvalue weighted by Gasteiger charge is 2.08. The van der Waals surface area contributed by atoms with Crippen LogP contribution in [0.3, 0.4) is 0 Å².